The number of benzene rings is 1. The maximum atomic E-state index is 10.4. The summed E-state index contributed by atoms with van der Waals surface area (Å²) in [7, 11) is 1.64. The smallest absolute Gasteiger partial charge is 0.119 e. The van der Waals surface area contributed by atoms with E-state index in [1.54, 1.807) is 7.11 Å². The van der Waals surface area contributed by atoms with Gasteiger partial charge >= 0.3 is 0 Å². The van der Waals surface area contributed by atoms with Crippen molar-refractivity contribution in [3.63, 3.8) is 0 Å². The van der Waals surface area contributed by atoms with Crippen molar-refractivity contribution < 1.29 is 9.84 Å². The molecule has 2 rings (SSSR count). The van der Waals surface area contributed by atoms with E-state index >= 15 is 0 Å². The normalized spacial score (nSPS) is 20.4. The molecule has 1 saturated carbocycles. The number of methoxy groups -OCH3 is 1. The maximum Gasteiger partial charge on any atom is 0.119 e. The SMILES string of the molecule is COc1cccc([C@@H](N)[C@@H](O)C2CCCCC2)c1. The molecule has 1 aromatic rings. The van der Waals surface area contributed by atoms with E-state index < -0.39 is 6.10 Å². The zero-order chi connectivity index (χ0) is 13.0. The second-order valence-electron chi connectivity index (χ2n) is 5.19. The second-order valence-corrected chi connectivity index (χ2v) is 5.19. The Morgan fingerprint density at radius 1 is 1.28 bits per heavy atom. The van der Waals surface area contributed by atoms with Crippen LogP contribution in [-0.4, -0.2) is 18.3 Å². The standard InChI is InChI=1S/C15H23NO2/c1-18-13-9-5-8-12(10-13)14(16)15(17)11-6-3-2-4-7-11/h5,8-11,14-15,17H,2-4,6-7,16H2,1H3/t14-,15+/m1/s1. The highest BCUT2D eigenvalue weighted by Gasteiger charge is 2.27. The van der Waals surface area contributed by atoms with Crippen molar-refractivity contribution in [2.45, 2.75) is 44.2 Å². The van der Waals surface area contributed by atoms with Gasteiger partial charge in [0, 0.05) is 0 Å². The summed E-state index contributed by atoms with van der Waals surface area (Å²) in [4.78, 5) is 0. The minimum Gasteiger partial charge on any atom is -0.497 e. The molecule has 0 amide bonds. The van der Waals surface area contributed by atoms with Crippen LogP contribution in [0.2, 0.25) is 0 Å². The molecule has 18 heavy (non-hydrogen) atoms. The molecule has 0 saturated heterocycles. The topological polar surface area (TPSA) is 55.5 Å². The van der Waals surface area contributed by atoms with Crippen molar-refractivity contribution in [1.82, 2.24) is 0 Å². The summed E-state index contributed by atoms with van der Waals surface area (Å²) < 4.78 is 5.19. The Morgan fingerprint density at radius 3 is 2.67 bits per heavy atom. The highest BCUT2D eigenvalue weighted by molar-refractivity contribution is 5.31. The molecule has 3 heteroatoms. The van der Waals surface area contributed by atoms with Crippen LogP contribution in [0.5, 0.6) is 5.75 Å². The molecule has 1 aliphatic carbocycles. The lowest BCUT2D eigenvalue weighted by Crippen LogP contribution is -2.34. The van der Waals surface area contributed by atoms with Crippen LogP contribution in [-0.2, 0) is 0 Å². The summed E-state index contributed by atoms with van der Waals surface area (Å²) in [6.45, 7) is 0. The van der Waals surface area contributed by atoms with Gasteiger partial charge in [-0.15, -0.1) is 0 Å². The molecule has 3 nitrogen and oxygen atoms in total. The molecule has 0 heterocycles. The van der Waals surface area contributed by atoms with Gasteiger partial charge in [0.2, 0.25) is 0 Å². The van der Waals surface area contributed by atoms with Gasteiger partial charge in [-0.2, -0.15) is 0 Å². The average Bonchev–Trinajstić information content (AvgIpc) is 2.46. The molecule has 1 fully saturated rings. The van der Waals surface area contributed by atoms with Gasteiger partial charge in [-0.05, 0) is 36.5 Å². The molecule has 0 bridgehead atoms. The number of aliphatic hydroxyl groups is 1. The molecule has 2 atom stereocenters. The van der Waals surface area contributed by atoms with Crippen LogP contribution < -0.4 is 10.5 Å². The van der Waals surface area contributed by atoms with Crippen molar-refractivity contribution in [2.24, 2.45) is 11.7 Å². The van der Waals surface area contributed by atoms with Gasteiger partial charge in [-0.25, -0.2) is 0 Å². The molecule has 1 aliphatic rings. The number of ether oxygens (including phenoxy) is 1. The lowest BCUT2D eigenvalue weighted by atomic mass is 9.81. The van der Waals surface area contributed by atoms with Gasteiger partial charge in [0.25, 0.3) is 0 Å². The molecular weight excluding hydrogens is 226 g/mol. The van der Waals surface area contributed by atoms with E-state index in [4.69, 9.17) is 10.5 Å². The van der Waals surface area contributed by atoms with E-state index in [1.807, 2.05) is 24.3 Å². The monoisotopic (exact) mass is 249 g/mol. The summed E-state index contributed by atoms with van der Waals surface area (Å²) in [5, 5.41) is 10.4. The number of hydrogen-bond acceptors (Lipinski definition) is 3. The van der Waals surface area contributed by atoms with Gasteiger partial charge in [0.05, 0.1) is 19.3 Å². The van der Waals surface area contributed by atoms with E-state index in [1.165, 1.54) is 19.3 Å². The Kier molecular flexibility index (Phi) is 4.61. The number of rotatable bonds is 4. The fraction of sp³-hybridized carbons (Fsp3) is 0.600. The summed E-state index contributed by atoms with van der Waals surface area (Å²) in [6.07, 6.45) is 5.46. The molecule has 3 N–H and O–H groups in total. The predicted octanol–water partition coefficient (Wildman–Crippen LogP) is 2.64. The summed E-state index contributed by atoms with van der Waals surface area (Å²) in [6, 6.07) is 7.36. The Bertz CT molecular complexity index is 375. The van der Waals surface area contributed by atoms with E-state index in [2.05, 4.69) is 0 Å². The lowest BCUT2D eigenvalue weighted by molar-refractivity contribution is 0.0617. The number of hydrogen-bond donors (Lipinski definition) is 2. The molecule has 0 radical (unpaired) electrons. The van der Waals surface area contributed by atoms with Gasteiger partial charge in [0.15, 0.2) is 0 Å². The Balaban J connectivity index is 2.06. The molecule has 0 spiro atoms. The van der Waals surface area contributed by atoms with Gasteiger partial charge in [-0.1, -0.05) is 31.4 Å². The lowest BCUT2D eigenvalue weighted by Gasteiger charge is -2.30. The van der Waals surface area contributed by atoms with Crippen molar-refractivity contribution in [1.29, 1.82) is 0 Å². The molecular formula is C15H23NO2. The predicted molar refractivity (Wildman–Crippen MR) is 72.5 cm³/mol. The van der Waals surface area contributed by atoms with Gasteiger partial charge < -0.3 is 15.6 Å². The van der Waals surface area contributed by atoms with Crippen LogP contribution in [0.15, 0.2) is 24.3 Å². The first kappa shape index (κ1) is 13.4. The highest BCUT2D eigenvalue weighted by atomic mass is 16.5. The Morgan fingerprint density at radius 2 is 2.00 bits per heavy atom. The van der Waals surface area contributed by atoms with Crippen LogP contribution in [0.3, 0.4) is 0 Å². The largest absolute Gasteiger partial charge is 0.497 e. The number of nitrogens with two attached hydrogens (primary N) is 1. The van der Waals surface area contributed by atoms with Gasteiger partial charge in [0.1, 0.15) is 5.75 Å². The first-order chi connectivity index (χ1) is 8.72. The Labute approximate surface area is 109 Å². The second kappa shape index (κ2) is 6.21. The third-order valence-corrected chi connectivity index (χ3v) is 3.98. The fourth-order valence-corrected chi connectivity index (χ4v) is 2.81. The van der Waals surface area contributed by atoms with Crippen LogP contribution >= 0.6 is 0 Å². The number of aliphatic hydroxyl groups excluding tert-OH is 1. The van der Waals surface area contributed by atoms with Crippen LogP contribution in [0.4, 0.5) is 0 Å². The zero-order valence-corrected chi connectivity index (χ0v) is 11.0. The van der Waals surface area contributed by atoms with Crippen molar-refractivity contribution in [3.05, 3.63) is 29.8 Å². The van der Waals surface area contributed by atoms with Crippen molar-refractivity contribution in [2.75, 3.05) is 7.11 Å². The van der Waals surface area contributed by atoms with E-state index in [0.717, 1.165) is 24.2 Å². The van der Waals surface area contributed by atoms with Crippen LogP contribution in [0.1, 0.15) is 43.7 Å². The summed E-state index contributed by atoms with van der Waals surface area (Å²) in [5.74, 6) is 1.14. The molecule has 0 aromatic heterocycles. The molecule has 0 aliphatic heterocycles. The van der Waals surface area contributed by atoms with E-state index in [-0.39, 0.29) is 6.04 Å². The van der Waals surface area contributed by atoms with Gasteiger partial charge in [-0.3, -0.25) is 0 Å². The van der Waals surface area contributed by atoms with Crippen LogP contribution in [0.25, 0.3) is 0 Å². The first-order valence-electron chi connectivity index (χ1n) is 6.80. The summed E-state index contributed by atoms with van der Waals surface area (Å²) >= 11 is 0. The van der Waals surface area contributed by atoms with E-state index in [9.17, 15) is 5.11 Å². The maximum absolute atomic E-state index is 10.4. The van der Waals surface area contributed by atoms with Crippen molar-refractivity contribution in [3.8, 4) is 5.75 Å². The molecule has 1 aromatic carbocycles. The first-order valence-corrected chi connectivity index (χ1v) is 6.80. The fourth-order valence-electron chi connectivity index (χ4n) is 2.81. The third-order valence-electron chi connectivity index (χ3n) is 3.98. The highest BCUT2D eigenvalue weighted by Crippen LogP contribution is 2.32. The Hall–Kier alpha value is -1.06. The quantitative estimate of drug-likeness (QED) is 0.862. The van der Waals surface area contributed by atoms with E-state index in [0.29, 0.717) is 5.92 Å². The minimum atomic E-state index is -0.447. The van der Waals surface area contributed by atoms with Crippen molar-refractivity contribution >= 4 is 0 Å². The van der Waals surface area contributed by atoms with Crippen LogP contribution in [0, 0.1) is 5.92 Å². The molecule has 100 valence electrons. The zero-order valence-electron chi connectivity index (χ0n) is 11.0. The minimum absolute atomic E-state index is 0.316. The summed E-state index contributed by atoms with van der Waals surface area (Å²) in [5.41, 5.74) is 7.14. The third kappa shape index (κ3) is 3.03. The molecule has 0 unspecified atom stereocenters. The average molecular weight is 249 g/mol.